The fourth-order valence-electron chi connectivity index (χ4n) is 4.32. The zero-order chi connectivity index (χ0) is 23.3. The highest BCUT2D eigenvalue weighted by Gasteiger charge is 2.36. The first-order chi connectivity index (χ1) is 14.1. The first-order valence-corrected chi connectivity index (χ1v) is 13.6. The van der Waals surface area contributed by atoms with Gasteiger partial charge in [0.1, 0.15) is 0 Å². The maximum absolute atomic E-state index is 9.75. The summed E-state index contributed by atoms with van der Waals surface area (Å²) in [6.07, 6.45) is 26.0. The van der Waals surface area contributed by atoms with E-state index in [1.165, 1.54) is 116 Å². The van der Waals surface area contributed by atoms with Gasteiger partial charge in [0.25, 0.3) is 0 Å². The van der Waals surface area contributed by atoms with Crippen molar-refractivity contribution in [3.63, 3.8) is 0 Å². The van der Waals surface area contributed by atoms with Crippen LogP contribution in [-0.4, -0.2) is 12.4 Å². The molecular formula is C24H52BF4P. The van der Waals surface area contributed by atoms with Gasteiger partial charge in [-0.2, -0.15) is 0 Å². The second-order valence-electron chi connectivity index (χ2n) is 9.17. The SMILES string of the molecule is CCCCCCCCCCC(CCCC)C([PH3+])(CCCC)CCCC.F[B-](F)(F)F. The first-order valence-electron chi connectivity index (χ1n) is 12.9. The van der Waals surface area contributed by atoms with E-state index in [-0.39, 0.29) is 0 Å². The van der Waals surface area contributed by atoms with E-state index >= 15 is 0 Å². The Kier molecular flexibility index (Phi) is 22.8. The molecule has 6 heteroatoms. The van der Waals surface area contributed by atoms with Crippen LogP contribution >= 0.6 is 9.24 Å². The van der Waals surface area contributed by atoms with Crippen molar-refractivity contribution >= 4 is 16.5 Å². The second-order valence-corrected chi connectivity index (χ2v) is 10.6. The molecule has 0 saturated heterocycles. The molecule has 0 heterocycles. The van der Waals surface area contributed by atoms with Crippen LogP contribution in [0.1, 0.15) is 143 Å². The molecule has 0 aliphatic heterocycles. The van der Waals surface area contributed by atoms with E-state index in [9.17, 15) is 17.3 Å². The molecule has 0 aromatic carbocycles. The van der Waals surface area contributed by atoms with Crippen LogP contribution in [0.3, 0.4) is 0 Å². The third-order valence-corrected chi connectivity index (χ3v) is 7.52. The molecule has 0 saturated carbocycles. The Bertz CT molecular complexity index is 337. The van der Waals surface area contributed by atoms with Gasteiger partial charge in [-0.3, -0.25) is 0 Å². The third kappa shape index (κ3) is 22.9. The Labute approximate surface area is 188 Å². The number of hydrogen-bond donors (Lipinski definition) is 0. The normalized spacial score (nSPS) is 13.2. The fraction of sp³-hybridized carbons (Fsp3) is 1.00. The van der Waals surface area contributed by atoms with E-state index in [2.05, 4.69) is 36.9 Å². The molecule has 184 valence electrons. The van der Waals surface area contributed by atoms with Crippen molar-refractivity contribution < 1.29 is 17.3 Å². The Balaban J connectivity index is 0. The van der Waals surface area contributed by atoms with Crippen molar-refractivity contribution in [1.82, 2.24) is 0 Å². The smallest absolute Gasteiger partial charge is 0.418 e. The van der Waals surface area contributed by atoms with Crippen molar-refractivity contribution in [2.24, 2.45) is 5.92 Å². The molecule has 2 unspecified atom stereocenters. The van der Waals surface area contributed by atoms with Crippen LogP contribution in [0, 0.1) is 5.92 Å². The van der Waals surface area contributed by atoms with Gasteiger partial charge in [0.2, 0.25) is 0 Å². The summed E-state index contributed by atoms with van der Waals surface area (Å²) in [4.78, 5) is 0. The van der Waals surface area contributed by atoms with Gasteiger partial charge >= 0.3 is 7.25 Å². The molecule has 0 radical (unpaired) electrons. The topological polar surface area (TPSA) is 0 Å². The molecular weight excluding hydrogens is 406 g/mol. The Morgan fingerprint density at radius 1 is 0.567 bits per heavy atom. The molecule has 0 aromatic rings. The van der Waals surface area contributed by atoms with E-state index in [0.717, 1.165) is 5.92 Å². The second kappa shape index (κ2) is 21.1. The van der Waals surface area contributed by atoms with Crippen LogP contribution in [-0.2, 0) is 0 Å². The Morgan fingerprint density at radius 3 is 1.30 bits per heavy atom. The molecule has 0 rings (SSSR count). The highest BCUT2D eigenvalue weighted by atomic mass is 31.0. The summed E-state index contributed by atoms with van der Waals surface area (Å²) in [6.45, 7) is 9.40. The number of unbranched alkanes of at least 4 members (excludes halogenated alkanes) is 10. The number of halogens is 4. The molecule has 0 nitrogen and oxygen atoms in total. The minimum Gasteiger partial charge on any atom is -0.418 e. The van der Waals surface area contributed by atoms with Crippen LogP contribution < -0.4 is 0 Å². The molecule has 30 heavy (non-hydrogen) atoms. The first kappa shape index (κ1) is 32.4. The van der Waals surface area contributed by atoms with Crippen LogP contribution in [0.25, 0.3) is 0 Å². The van der Waals surface area contributed by atoms with E-state index in [0.29, 0.717) is 5.16 Å². The van der Waals surface area contributed by atoms with Crippen molar-refractivity contribution in [1.29, 1.82) is 0 Å². The summed E-state index contributed by atoms with van der Waals surface area (Å²) < 4.78 is 39.0. The molecule has 0 fully saturated rings. The summed E-state index contributed by atoms with van der Waals surface area (Å²) in [5.41, 5.74) is 0. The summed E-state index contributed by atoms with van der Waals surface area (Å²) in [5, 5.41) is 0.641. The van der Waals surface area contributed by atoms with Crippen molar-refractivity contribution in [3.05, 3.63) is 0 Å². The van der Waals surface area contributed by atoms with Gasteiger partial charge < -0.3 is 17.3 Å². The van der Waals surface area contributed by atoms with Crippen LogP contribution in [0.2, 0.25) is 0 Å². The van der Waals surface area contributed by atoms with Gasteiger partial charge in [0, 0.05) is 0 Å². The lowest BCUT2D eigenvalue weighted by molar-refractivity contribution is 0.274. The summed E-state index contributed by atoms with van der Waals surface area (Å²) in [6, 6.07) is 0. The van der Waals surface area contributed by atoms with Gasteiger partial charge in [-0.25, -0.2) is 0 Å². The van der Waals surface area contributed by atoms with E-state index in [1.807, 2.05) is 0 Å². The van der Waals surface area contributed by atoms with Crippen LogP contribution in [0.5, 0.6) is 0 Å². The van der Waals surface area contributed by atoms with Crippen molar-refractivity contribution in [3.8, 4) is 0 Å². The van der Waals surface area contributed by atoms with Gasteiger partial charge in [-0.05, 0) is 53.7 Å². The predicted molar refractivity (Wildman–Crippen MR) is 133 cm³/mol. The van der Waals surface area contributed by atoms with Crippen LogP contribution in [0.15, 0.2) is 0 Å². The molecule has 0 bridgehead atoms. The monoisotopic (exact) mass is 458 g/mol. The molecule has 0 aliphatic rings. The molecule has 0 spiro atoms. The highest BCUT2D eigenvalue weighted by Crippen LogP contribution is 2.43. The fourth-order valence-corrected chi connectivity index (χ4v) is 5.23. The van der Waals surface area contributed by atoms with Crippen molar-refractivity contribution in [2.75, 3.05) is 0 Å². The highest BCUT2D eigenvalue weighted by molar-refractivity contribution is 7.19. The van der Waals surface area contributed by atoms with E-state index < -0.39 is 7.25 Å². The summed E-state index contributed by atoms with van der Waals surface area (Å²) in [7, 11) is -3.60. The van der Waals surface area contributed by atoms with Crippen LogP contribution in [0.4, 0.5) is 17.3 Å². The minimum absolute atomic E-state index is 0.641. The third-order valence-electron chi connectivity index (χ3n) is 6.23. The largest absolute Gasteiger partial charge is 0.673 e. The molecule has 0 aromatic heterocycles. The number of rotatable bonds is 19. The quantitative estimate of drug-likeness (QED) is 0.0782. The molecule has 0 N–H and O–H groups in total. The maximum Gasteiger partial charge on any atom is 0.673 e. The van der Waals surface area contributed by atoms with Gasteiger partial charge in [0.15, 0.2) is 0 Å². The lowest BCUT2D eigenvalue weighted by Gasteiger charge is -2.34. The number of hydrogen-bond acceptors (Lipinski definition) is 0. The lowest BCUT2D eigenvalue weighted by Crippen LogP contribution is -2.32. The Morgan fingerprint density at radius 2 is 0.900 bits per heavy atom. The van der Waals surface area contributed by atoms with Gasteiger partial charge in [0.05, 0.1) is 5.16 Å². The standard InChI is InChI=1S/C24H51P.BF4/c1-5-9-13-14-15-16-17-18-20-23(19-10-6-2)24(25,21-11-7-3)22-12-8-4;2-1(3,4)5/h23H,5-22,25H2,1-4H3;/q;-1/p+1. The maximum atomic E-state index is 9.75. The summed E-state index contributed by atoms with van der Waals surface area (Å²) >= 11 is 0. The Hall–Kier alpha value is 0.215. The van der Waals surface area contributed by atoms with Gasteiger partial charge in [-0.15, -0.1) is 0 Å². The average Bonchev–Trinajstić information content (AvgIpc) is 2.67. The average molecular weight is 458 g/mol. The van der Waals surface area contributed by atoms with E-state index in [4.69, 9.17) is 0 Å². The van der Waals surface area contributed by atoms with Gasteiger partial charge in [-0.1, -0.05) is 105 Å². The minimum atomic E-state index is -6.00. The predicted octanol–water partition coefficient (Wildman–Crippen LogP) is 10.4. The molecule has 0 amide bonds. The van der Waals surface area contributed by atoms with E-state index in [1.54, 1.807) is 0 Å². The molecule has 2 atom stereocenters. The molecule has 0 aliphatic carbocycles. The zero-order valence-corrected chi connectivity index (χ0v) is 22.0. The summed E-state index contributed by atoms with van der Waals surface area (Å²) in [5.74, 6) is 0.990. The zero-order valence-electron chi connectivity index (χ0n) is 20.6. The van der Waals surface area contributed by atoms with Crippen molar-refractivity contribution in [2.45, 2.75) is 148 Å². The lowest BCUT2D eigenvalue weighted by atomic mass is 9.77.